The van der Waals surface area contributed by atoms with Crippen molar-refractivity contribution in [1.29, 1.82) is 0 Å². The number of carbonyl (C=O) groups excluding carboxylic acids is 2. The monoisotopic (exact) mass is 541 g/mol. The number of nitrogens with one attached hydrogen (secondary N) is 2. The quantitative estimate of drug-likeness (QED) is 0.294. The zero-order valence-electron chi connectivity index (χ0n) is 22.9. The molecule has 1 aromatic heterocycles. The van der Waals surface area contributed by atoms with Crippen LogP contribution in [-0.2, 0) is 33.9 Å². The number of aliphatic hydroxyl groups is 1. The fraction of sp³-hybridized carbons (Fsp3) is 0.800. The molecule has 2 amide bonds. The molecule has 0 saturated heterocycles. The summed E-state index contributed by atoms with van der Waals surface area (Å²) in [6, 6.07) is 0. The summed E-state index contributed by atoms with van der Waals surface area (Å²) in [5.41, 5.74) is -2.54. The Labute approximate surface area is 222 Å². The number of aliphatic hydroxyl groups excluding tert-OH is 1. The van der Waals surface area contributed by atoms with Gasteiger partial charge in [0, 0.05) is 19.0 Å². The second-order valence-corrected chi connectivity index (χ2v) is 10.3. The Morgan fingerprint density at radius 1 is 0.868 bits per heavy atom. The number of rotatable bonds is 14. The van der Waals surface area contributed by atoms with Crippen molar-refractivity contribution in [2.45, 2.75) is 79.1 Å². The van der Waals surface area contributed by atoms with Gasteiger partial charge in [-0.15, -0.1) is 0 Å². The van der Waals surface area contributed by atoms with Crippen molar-refractivity contribution in [3.63, 3.8) is 0 Å². The second-order valence-electron chi connectivity index (χ2n) is 10.3. The minimum atomic E-state index is -0.878. The zero-order valence-corrected chi connectivity index (χ0v) is 22.9. The van der Waals surface area contributed by atoms with Crippen molar-refractivity contribution in [2.75, 3.05) is 32.9 Å². The van der Waals surface area contributed by atoms with E-state index in [4.69, 9.17) is 9.47 Å². The lowest BCUT2D eigenvalue weighted by molar-refractivity contribution is -0.124. The van der Waals surface area contributed by atoms with E-state index >= 15 is 0 Å². The molecule has 0 spiro atoms. The number of carbonyl (C=O) groups is 2. The van der Waals surface area contributed by atoms with Gasteiger partial charge in [0.05, 0.1) is 39.0 Å². The molecule has 0 radical (unpaired) electrons. The Bertz CT molecular complexity index is 1090. The standard InChI is InChI=1S/C25H43N5O8/c1-17(2)21(32)26-15-19-6-5-7-20(14-19)16-27-22(33)38-13-10-30-24(35)28(8-11-31)23(34)29(25(30)36)9-12-37-18(3)4/h17-20,31H,5-16H2,1-4H3,(H,26,32)(H,27,33). The van der Waals surface area contributed by atoms with E-state index in [2.05, 4.69) is 10.6 Å². The molecule has 13 heteroatoms. The topological polar surface area (TPSA) is 163 Å². The van der Waals surface area contributed by atoms with E-state index in [1.54, 1.807) is 0 Å². The first kappa shape index (κ1) is 31.3. The molecule has 0 aliphatic heterocycles. The van der Waals surface area contributed by atoms with Crippen molar-refractivity contribution in [3.8, 4) is 0 Å². The minimum absolute atomic E-state index is 0.0374. The third-order valence-corrected chi connectivity index (χ3v) is 6.54. The van der Waals surface area contributed by atoms with Crippen LogP contribution < -0.4 is 27.7 Å². The van der Waals surface area contributed by atoms with Crippen molar-refractivity contribution >= 4 is 12.0 Å². The number of ether oxygens (including phenoxy) is 2. The number of amides is 2. The van der Waals surface area contributed by atoms with Gasteiger partial charge in [-0.05, 0) is 44.9 Å². The fourth-order valence-corrected chi connectivity index (χ4v) is 4.47. The summed E-state index contributed by atoms with van der Waals surface area (Å²) >= 11 is 0. The first-order valence-corrected chi connectivity index (χ1v) is 13.4. The van der Waals surface area contributed by atoms with Crippen LogP contribution >= 0.6 is 0 Å². The molecule has 2 unspecified atom stereocenters. The molecular weight excluding hydrogens is 498 g/mol. The van der Waals surface area contributed by atoms with Gasteiger partial charge in [0.2, 0.25) is 5.91 Å². The van der Waals surface area contributed by atoms with Crippen LogP contribution in [0.5, 0.6) is 0 Å². The van der Waals surface area contributed by atoms with Crippen LogP contribution in [0.2, 0.25) is 0 Å². The van der Waals surface area contributed by atoms with Crippen LogP contribution in [0.4, 0.5) is 4.79 Å². The average molecular weight is 542 g/mol. The van der Waals surface area contributed by atoms with Gasteiger partial charge in [-0.3, -0.25) is 4.79 Å². The van der Waals surface area contributed by atoms with Gasteiger partial charge in [-0.25, -0.2) is 32.9 Å². The number of hydrogen-bond acceptors (Lipinski definition) is 8. The summed E-state index contributed by atoms with van der Waals surface area (Å²) in [6.07, 6.45) is 3.14. The summed E-state index contributed by atoms with van der Waals surface area (Å²) in [6.45, 7) is 7.20. The van der Waals surface area contributed by atoms with Crippen molar-refractivity contribution < 1.29 is 24.2 Å². The molecule has 1 aromatic rings. The Morgan fingerprint density at radius 2 is 1.39 bits per heavy atom. The molecule has 13 nitrogen and oxygen atoms in total. The van der Waals surface area contributed by atoms with Crippen LogP contribution in [0.15, 0.2) is 14.4 Å². The SMILES string of the molecule is CC(C)OCCn1c(=O)n(CCO)c(=O)n(CCOC(=O)NCC2CCCC(CNC(=O)C(C)C)C2)c1=O. The van der Waals surface area contributed by atoms with E-state index in [9.17, 15) is 29.1 Å². The largest absolute Gasteiger partial charge is 0.448 e. The number of alkyl carbamates (subject to hydrolysis) is 1. The van der Waals surface area contributed by atoms with Crippen molar-refractivity contribution in [3.05, 3.63) is 31.5 Å². The number of aromatic nitrogens is 3. The number of hydrogen-bond donors (Lipinski definition) is 3. The molecule has 1 heterocycles. The van der Waals surface area contributed by atoms with Gasteiger partial charge in [0.25, 0.3) is 0 Å². The lowest BCUT2D eigenvalue weighted by Crippen LogP contribution is -2.55. The van der Waals surface area contributed by atoms with Crippen LogP contribution in [0.1, 0.15) is 53.4 Å². The lowest BCUT2D eigenvalue weighted by atomic mass is 9.81. The lowest BCUT2D eigenvalue weighted by Gasteiger charge is -2.29. The molecule has 216 valence electrons. The molecule has 1 saturated carbocycles. The van der Waals surface area contributed by atoms with E-state index in [1.807, 2.05) is 27.7 Å². The first-order valence-electron chi connectivity index (χ1n) is 13.4. The zero-order chi connectivity index (χ0) is 28.2. The Balaban J connectivity index is 1.91. The molecular formula is C25H43N5O8. The van der Waals surface area contributed by atoms with Crippen LogP contribution in [0, 0.1) is 17.8 Å². The number of nitrogens with zero attached hydrogens (tertiary/aromatic N) is 3. The minimum Gasteiger partial charge on any atom is -0.448 e. The van der Waals surface area contributed by atoms with Crippen LogP contribution in [0.25, 0.3) is 0 Å². The summed E-state index contributed by atoms with van der Waals surface area (Å²) in [5.74, 6) is 0.614. The maximum absolute atomic E-state index is 12.8. The Hall–Kier alpha value is -2.93. The summed E-state index contributed by atoms with van der Waals surface area (Å²) in [7, 11) is 0. The van der Waals surface area contributed by atoms with E-state index < -0.39 is 29.8 Å². The van der Waals surface area contributed by atoms with Crippen LogP contribution in [-0.4, -0.2) is 69.8 Å². The van der Waals surface area contributed by atoms with Gasteiger partial charge >= 0.3 is 23.2 Å². The predicted octanol–water partition coefficient (Wildman–Crippen LogP) is -0.106. The fourth-order valence-electron chi connectivity index (χ4n) is 4.47. The smallest absolute Gasteiger partial charge is 0.407 e. The maximum atomic E-state index is 12.8. The first-order chi connectivity index (χ1) is 18.0. The normalized spacial score (nSPS) is 17.6. The van der Waals surface area contributed by atoms with Gasteiger partial charge in [0.1, 0.15) is 6.61 Å². The van der Waals surface area contributed by atoms with Gasteiger partial charge < -0.3 is 25.2 Å². The Morgan fingerprint density at radius 3 is 1.92 bits per heavy atom. The van der Waals surface area contributed by atoms with Crippen molar-refractivity contribution in [2.24, 2.45) is 17.8 Å². The summed E-state index contributed by atoms with van der Waals surface area (Å²) < 4.78 is 13.1. The molecule has 38 heavy (non-hydrogen) atoms. The van der Waals surface area contributed by atoms with Crippen molar-refractivity contribution in [1.82, 2.24) is 24.3 Å². The van der Waals surface area contributed by atoms with Crippen LogP contribution in [0.3, 0.4) is 0 Å². The highest BCUT2D eigenvalue weighted by Gasteiger charge is 2.23. The molecule has 1 fully saturated rings. The van der Waals surface area contributed by atoms with Gasteiger partial charge in [0.15, 0.2) is 0 Å². The van der Waals surface area contributed by atoms with Gasteiger partial charge in [-0.2, -0.15) is 0 Å². The molecule has 2 atom stereocenters. The molecule has 0 aromatic carbocycles. The Kier molecular flexibility index (Phi) is 12.7. The van der Waals surface area contributed by atoms with E-state index in [0.717, 1.165) is 39.4 Å². The summed E-state index contributed by atoms with van der Waals surface area (Å²) in [4.78, 5) is 62.2. The highest BCUT2D eigenvalue weighted by molar-refractivity contribution is 5.77. The highest BCUT2D eigenvalue weighted by atomic mass is 16.5. The molecule has 2 rings (SSSR count). The highest BCUT2D eigenvalue weighted by Crippen LogP contribution is 2.28. The van der Waals surface area contributed by atoms with E-state index in [1.165, 1.54) is 0 Å². The molecule has 3 N–H and O–H groups in total. The molecule has 0 bridgehead atoms. The van der Waals surface area contributed by atoms with E-state index in [0.29, 0.717) is 19.0 Å². The molecule has 1 aliphatic rings. The third kappa shape index (κ3) is 9.43. The average Bonchev–Trinajstić information content (AvgIpc) is 2.88. The predicted molar refractivity (Wildman–Crippen MR) is 140 cm³/mol. The molecule has 1 aliphatic carbocycles. The van der Waals surface area contributed by atoms with E-state index in [-0.39, 0.29) is 56.7 Å². The third-order valence-electron chi connectivity index (χ3n) is 6.54. The summed E-state index contributed by atoms with van der Waals surface area (Å²) in [5, 5.41) is 15.0. The second kappa shape index (κ2) is 15.5. The van der Waals surface area contributed by atoms with Gasteiger partial charge in [-0.1, -0.05) is 20.3 Å². The maximum Gasteiger partial charge on any atom is 0.407 e.